The highest BCUT2D eigenvalue weighted by Gasteiger charge is 2.35. The molecule has 37 heavy (non-hydrogen) atoms. The lowest BCUT2D eigenvalue weighted by Crippen LogP contribution is -2.50. The standard InChI is InChI=1S/C28H35ClN6O2/c1-5-33(4)24(17-30)25(31)23-15-19-7-6-10-32-26(19)27(21-9-8-20(29)16-22(21)23)34-11-13-35(14-12-34)28(36)37-18(2)3/h5-10,15-18,25,27H,1,11-14,30-31H2,2-4H3/b24-17-/t25-,27+/m1/s1. The monoisotopic (exact) mass is 522 g/mol. The number of likely N-dealkylation sites (N-methyl/N-ethyl adjacent to an activating group) is 1. The first-order valence-electron chi connectivity index (χ1n) is 12.4. The molecule has 8 nitrogen and oxygen atoms in total. The van der Waals surface area contributed by atoms with E-state index in [4.69, 9.17) is 32.8 Å². The molecule has 4 N–H and O–H groups in total. The van der Waals surface area contributed by atoms with E-state index in [0.29, 0.717) is 36.9 Å². The maximum Gasteiger partial charge on any atom is 0.410 e. The van der Waals surface area contributed by atoms with Gasteiger partial charge in [0.1, 0.15) is 0 Å². The van der Waals surface area contributed by atoms with Crippen molar-refractivity contribution in [3.8, 4) is 0 Å². The Morgan fingerprint density at radius 1 is 1.27 bits per heavy atom. The van der Waals surface area contributed by atoms with Crippen molar-refractivity contribution in [2.45, 2.75) is 32.0 Å². The lowest BCUT2D eigenvalue weighted by molar-refractivity contribution is 0.0513. The first kappa shape index (κ1) is 26.7. The Balaban J connectivity index is 1.77. The van der Waals surface area contributed by atoms with Gasteiger partial charge in [0, 0.05) is 50.6 Å². The van der Waals surface area contributed by atoms with E-state index in [1.54, 1.807) is 11.1 Å². The van der Waals surface area contributed by atoms with Crippen LogP contribution in [0.4, 0.5) is 4.79 Å². The number of ether oxygens (including phenoxy) is 1. The van der Waals surface area contributed by atoms with Gasteiger partial charge in [0.2, 0.25) is 0 Å². The number of benzene rings is 1. The molecule has 2 heterocycles. The van der Waals surface area contributed by atoms with Gasteiger partial charge in [-0.1, -0.05) is 30.3 Å². The second-order valence-electron chi connectivity index (χ2n) is 9.53. The Morgan fingerprint density at radius 2 is 2.00 bits per heavy atom. The predicted molar refractivity (Wildman–Crippen MR) is 148 cm³/mol. The molecule has 1 aliphatic carbocycles. The van der Waals surface area contributed by atoms with E-state index in [1.165, 1.54) is 6.20 Å². The van der Waals surface area contributed by atoms with Gasteiger partial charge in [0.05, 0.1) is 29.6 Å². The molecule has 1 amide bonds. The number of fused-ring (bicyclic) bond motifs is 2. The summed E-state index contributed by atoms with van der Waals surface area (Å²) in [6, 6.07) is 9.21. The van der Waals surface area contributed by atoms with Crippen molar-refractivity contribution in [3.05, 3.63) is 88.6 Å². The third-order valence-corrected chi connectivity index (χ3v) is 7.08. The van der Waals surface area contributed by atoms with Crippen LogP contribution in [0.2, 0.25) is 5.02 Å². The van der Waals surface area contributed by atoms with E-state index in [2.05, 4.69) is 29.7 Å². The van der Waals surface area contributed by atoms with Gasteiger partial charge in [-0.05, 0) is 66.6 Å². The molecule has 2 aliphatic rings. The molecule has 1 aliphatic heterocycles. The van der Waals surface area contributed by atoms with Crippen molar-refractivity contribution >= 4 is 29.3 Å². The van der Waals surface area contributed by atoms with E-state index in [-0.39, 0.29) is 18.2 Å². The number of amides is 1. The number of hydrogen-bond acceptors (Lipinski definition) is 7. The van der Waals surface area contributed by atoms with Crippen LogP contribution < -0.4 is 11.5 Å². The molecule has 0 spiro atoms. The maximum absolute atomic E-state index is 12.5. The minimum atomic E-state index is -0.528. The summed E-state index contributed by atoms with van der Waals surface area (Å²) < 4.78 is 5.41. The molecular weight excluding hydrogens is 488 g/mol. The van der Waals surface area contributed by atoms with Crippen molar-refractivity contribution in [2.24, 2.45) is 11.5 Å². The van der Waals surface area contributed by atoms with Crippen LogP contribution in [0, 0.1) is 0 Å². The average molecular weight is 523 g/mol. The minimum Gasteiger partial charge on any atom is -0.447 e. The molecule has 196 valence electrons. The van der Waals surface area contributed by atoms with E-state index < -0.39 is 6.04 Å². The number of pyridine rings is 1. The molecule has 0 unspecified atom stereocenters. The second kappa shape index (κ2) is 11.4. The zero-order valence-corrected chi connectivity index (χ0v) is 22.4. The quantitative estimate of drug-likeness (QED) is 0.590. The topological polar surface area (TPSA) is 101 Å². The fraction of sp³-hybridized carbons (Fsp3) is 0.357. The number of carbonyl (C=O) groups is 1. The molecule has 4 rings (SSSR count). The van der Waals surface area contributed by atoms with Crippen LogP contribution in [-0.4, -0.2) is 71.1 Å². The fourth-order valence-electron chi connectivity index (χ4n) is 4.96. The summed E-state index contributed by atoms with van der Waals surface area (Å²) in [6.45, 7) is 10.1. The van der Waals surface area contributed by atoms with E-state index in [1.807, 2.05) is 50.2 Å². The Kier molecular flexibility index (Phi) is 8.22. The summed E-state index contributed by atoms with van der Waals surface area (Å²) in [5, 5.41) is 0.617. The summed E-state index contributed by atoms with van der Waals surface area (Å²) >= 11 is 6.52. The first-order chi connectivity index (χ1) is 17.7. The Labute approximate surface area is 223 Å². The minimum absolute atomic E-state index is 0.143. The third-order valence-electron chi connectivity index (χ3n) is 6.84. The molecule has 0 saturated carbocycles. The van der Waals surface area contributed by atoms with Gasteiger partial charge >= 0.3 is 6.09 Å². The highest BCUT2D eigenvalue weighted by Crippen LogP contribution is 2.42. The molecule has 0 bridgehead atoms. The van der Waals surface area contributed by atoms with E-state index >= 15 is 0 Å². The molecule has 0 radical (unpaired) electrons. The molecule has 2 aromatic rings. The van der Waals surface area contributed by atoms with Gasteiger partial charge in [0.15, 0.2) is 0 Å². The lowest BCUT2D eigenvalue weighted by atomic mass is 9.90. The summed E-state index contributed by atoms with van der Waals surface area (Å²) in [5.41, 5.74) is 18.4. The van der Waals surface area contributed by atoms with E-state index in [9.17, 15) is 4.79 Å². The number of nitrogens with two attached hydrogens (primary N) is 2. The van der Waals surface area contributed by atoms with Crippen molar-refractivity contribution in [1.29, 1.82) is 0 Å². The molecule has 1 aromatic heterocycles. The molecule has 2 atom stereocenters. The number of piperazine rings is 1. The fourth-order valence-corrected chi connectivity index (χ4v) is 5.13. The zero-order chi connectivity index (χ0) is 26.7. The SMILES string of the molecule is C=CN(C)/C(=C\N)[C@H](N)C1=Cc2cccnc2[C@@H](N2CCN(C(=O)OC(C)C)CC2)c2ccc(Cl)cc21. The Morgan fingerprint density at radius 3 is 2.65 bits per heavy atom. The number of nitrogens with zero attached hydrogens (tertiary/aromatic N) is 4. The molecule has 1 aromatic carbocycles. The normalized spacial score (nSPS) is 18.9. The Hall–Kier alpha value is -3.33. The maximum atomic E-state index is 12.5. The Bertz CT molecular complexity index is 1220. The van der Waals surface area contributed by atoms with Crippen molar-refractivity contribution in [1.82, 2.24) is 19.7 Å². The second-order valence-corrected chi connectivity index (χ2v) is 9.97. The number of carbonyl (C=O) groups excluding carboxylic acids is 1. The van der Waals surface area contributed by atoms with E-state index in [0.717, 1.165) is 28.0 Å². The summed E-state index contributed by atoms with van der Waals surface area (Å²) in [7, 11) is 1.86. The van der Waals surface area contributed by atoms with Gasteiger partial charge in [-0.3, -0.25) is 9.88 Å². The van der Waals surface area contributed by atoms with Crippen LogP contribution in [0.1, 0.15) is 42.3 Å². The van der Waals surface area contributed by atoms with Crippen LogP contribution in [0.15, 0.2) is 61.2 Å². The van der Waals surface area contributed by atoms with Crippen LogP contribution in [-0.2, 0) is 4.74 Å². The average Bonchev–Trinajstić information content (AvgIpc) is 3.03. The van der Waals surface area contributed by atoms with Crippen LogP contribution in [0.5, 0.6) is 0 Å². The van der Waals surface area contributed by atoms with Gasteiger partial charge in [-0.15, -0.1) is 0 Å². The lowest BCUT2D eigenvalue weighted by Gasteiger charge is -2.39. The summed E-state index contributed by atoms with van der Waals surface area (Å²) in [6.07, 6.45) is 6.66. The van der Waals surface area contributed by atoms with Crippen LogP contribution in [0.25, 0.3) is 11.6 Å². The molecule has 9 heteroatoms. The number of halogens is 1. The largest absolute Gasteiger partial charge is 0.447 e. The zero-order valence-electron chi connectivity index (χ0n) is 21.6. The predicted octanol–water partition coefficient (Wildman–Crippen LogP) is 4.04. The van der Waals surface area contributed by atoms with Crippen LogP contribution in [0.3, 0.4) is 0 Å². The van der Waals surface area contributed by atoms with Crippen molar-refractivity contribution in [3.63, 3.8) is 0 Å². The van der Waals surface area contributed by atoms with Gasteiger partial charge in [-0.25, -0.2) is 4.79 Å². The smallest absolute Gasteiger partial charge is 0.410 e. The summed E-state index contributed by atoms with van der Waals surface area (Å²) in [5.74, 6) is 0. The van der Waals surface area contributed by atoms with Gasteiger partial charge < -0.3 is 26.0 Å². The van der Waals surface area contributed by atoms with Gasteiger partial charge in [0.25, 0.3) is 0 Å². The molecular formula is C28H35ClN6O2. The molecule has 1 saturated heterocycles. The van der Waals surface area contributed by atoms with Crippen molar-refractivity contribution < 1.29 is 9.53 Å². The number of rotatable bonds is 6. The first-order valence-corrected chi connectivity index (χ1v) is 12.8. The highest BCUT2D eigenvalue weighted by molar-refractivity contribution is 6.30. The number of hydrogen-bond donors (Lipinski definition) is 2. The van der Waals surface area contributed by atoms with Gasteiger partial charge in [-0.2, -0.15) is 0 Å². The highest BCUT2D eigenvalue weighted by atomic mass is 35.5. The molecule has 1 fully saturated rings. The summed E-state index contributed by atoms with van der Waals surface area (Å²) in [4.78, 5) is 23.2. The third kappa shape index (κ3) is 5.51. The van der Waals surface area contributed by atoms with Crippen molar-refractivity contribution in [2.75, 3.05) is 33.2 Å². The van der Waals surface area contributed by atoms with Crippen LogP contribution >= 0.6 is 11.6 Å². The number of aromatic nitrogens is 1.